The van der Waals surface area contributed by atoms with Gasteiger partial charge in [-0.25, -0.2) is 13.4 Å². The standard InChI is InChI=1S/C15H20N4O2S/c1-18-9-10-19(11-14(18)15-16-7-8-17-15)22(20,21)12-13-5-3-2-4-6-13/h2-8,14H,9-12H2,1H3,(H,16,17)/t14-/m0/s1. The van der Waals surface area contributed by atoms with Crippen molar-refractivity contribution in [2.24, 2.45) is 0 Å². The highest BCUT2D eigenvalue weighted by molar-refractivity contribution is 7.88. The molecule has 3 rings (SSSR count). The molecule has 1 fully saturated rings. The Labute approximate surface area is 130 Å². The molecule has 2 heterocycles. The maximum absolute atomic E-state index is 12.7. The number of piperazine rings is 1. The summed E-state index contributed by atoms with van der Waals surface area (Å²) in [7, 11) is -1.32. The number of rotatable bonds is 4. The molecule has 0 saturated carbocycles. The molecule has 1 saturated heterocycles. The monoisotopic (exact) mass is 320 g/mol. The van der Waals surface area contributed by atoms with E-state index in [0.717, 1.165) is 11.4 Å². The summed E-state index contributed by atoms with van der Waals surface area (Å²) in [5, 5.41) is 0. The molecule has 2 aromatic rings. The molecular weight excluding hydrogens is 300 g/mol. The predicted octanol–water partition coefficient (Wildman–Crippen LogP) is 1.23. The second-order valence-electron chi connectivity index (χ2n) is 5.57. The van der Waals surface area contributed by atoms with Crippen molar-refractivity contribution in [2.75, 3.05) is 26.7 Å². The Bertz CT molecular complexity index is 700. The summed E-state index contributed by atoms with van der Waals surface area (Å²) < 4.78 is 26.9. The van der Waals surface area contributed by atoms with E-state index in [1.54, 1.807) is 16.7 Å². The molecule has 22 heavy (non-hydrogen) atoms. The van der Waals surface area contributed by atoms with Crippen LogP contribution in [0, 0.1) is 0 Å². The molecule has 0 radical (unpaired) electrons. The molecule has 1 N–H and O–H groups in total. The molecule has 118 valence electrons. The first-order valence-corrected chi connectivity index (χ1v) is 8.88. The predicted molar refractivity (Wildman–Crippen MR) is 84.6 cm³/mol. The van der Waals surface area contributed by atoms with Gasteiger partial charge in [0.1, 0.15) is 5.82 Å². The third kappa shape index (κ3) is 3.21. The van der Waals surface area contributed by atoms with E-state index in [0.29, 0.717) is 19.6 Å². The second kappa shape index (κ2) is 6.20. The lowest BCUT2D eigenvalue weighted by atomic mass is 10.2. The molecule has 1 atom stereocenters. The minimum atomic E-state index is -3.32. The molecule has 6 nitrogen and oxygen atoms in total. The average Bonchev–Trinajstić information content (AvgIpc) is 3.02. The summed E-state index contributed by atoms with van der Waals surface area (Å²) in [5.41, 5.74) is 0.816. The number of hydrogen-bond acceptors (Lipinski definition) is 4. The Hall–Kier alpha value is -1.70. The van der Waals surface area contributed by atoms with Gasteiger partial charge < -0.3 is 4.98 Å². The van der Waals surface area contributed by atoms with Crippen molar-refractivity contribution in [3.63, 3.8) is 0 Å². The molecule has 1 aliphatic heterocycles. The van der Waals surface area contributed by atoms with Crippen molar-refractivity contribution in [1.29, 1.82) is 0 Å². The highest BCUT2D eigenvalue weighted by Crippen LogP contribution is 2.24. The molecular formula is C15H20N4O2S. The van der Waals surface area contributed by atoms with Crippen LogP contribution < -0.4 is 0 Å². The van der Waals surface area contributed by atoms with Gasteiger partial charge in [-0.3, -0.25) is 4.90 Å². The largest absolute Gasteiger partial charge is 0.347 e. The lowest BCUT2D eigenvalue weighted by molar-refractivity contribution is 0.142. The van der Waals surface area contributed by atoms with Crippen LogP contribution in [0.25, 0.3) is 0 Å². The van der Waals surface area contributed by atoms with Crippen LogP contribution in [0.3, 0.4) is 0 Å². The number of imidazole rings is 1. The molecule has 1 aliphatic rings. The minimum absolute atomic E-state index is 0.0331. The van der Waals surface area contributed by atoms with Crippen molar-refractivity contribution in [3.8, 4) is 0 Å². The molecule has 7 heteroatoms. The zero-order valence-corrected chi connectivity index (χ0v) is 13.3. The maximum Gasteiger partial charge on any atom is 0.218 e. The van der Waals surface area contributed by atoms with Crippen LogP contribution in [0.1, 0.15) is 17.4 Å². The van der Waals surface area contributed by atoms with Gasteiger partial charge in [0.15, 0.2) is 0 Å². The summed E-state index contributed by atoms with van der Waals surface area (Å²) >= 11 is 0. The molecule has 1 aromatic carbocycles. The number of H-pyrrole nitrogens is 1. The molecule has 0 aliphatic carbocycles. The van der Waals surface area contributed by atoms with Gasteiger partial charge in [0.2, 0.25) is 10.0 Å². The lowest BCUT2D eigenvalue weighted by Crippen LogP contribution is -2.49. The van der Waals surface area contributed by atoms with Crippen molar-refractivity contribution in [2.45, 2.75) is 11.8 Å². The van der Waals surface area contributed by atoms with E-state index in [2.05, 4.69) is 14.9 Å². The molecule has 0 unspecified atom stereocenters. The minimum Gasteiger partial charge on any atom is -0.347 e. The van der Waals surface area contributed by atoms with Crippen LogP contribution in [0.15, 0.2) is 42.7 Å². The smallest absolute Gasteiger partial charge is 0.218 e. The van der Waals surface area contributed by atoms with Crippen LogP contribution >= 0.6 is 0 Å². The number of hydrogen-bond donors (Lipinski definition) is 1. The fraction of sp³-hybridized carbons (Fsp3) is 0.400. The maximum atomic E-state index is 12.7. The number of nitrogens with zero attached hydrogens (tertiary/aromatic N) is 3. The van der Waals surface area contributed by atoms with Crippen LogP contribution in [0.2, 0.25) is 0 Å². The van der Waals surface area contributed by atoms with Crippen LogP contribution in [0.4, 0.5) is 0 Å². The van der Waals surface area contributed by atoms with Gasteiger partial charge in [-0.2, -0.15) is 4.31 Å². The summed E-state index contributed by atoms with van der Waals surface area (Å²) in [4.78, 5) is 9.49. The van der Waals surface area contributed by atoms with Gasteiger partial charge in [-0.15, -0.1) is 0 Å². The van der Waals surface area contributed by atoms with E-state index < -0.39 is 10.0 Å². The Balaban J connectivity index is 1.76. The highest BCUT2D eigenvalue weighted by atomic mass is 32.2. The lowest BCUT2D eigenvalue weighted by Gasteiger charge is -2.37. The summed E-state index contributed by atoms with van der Waals surface area (Å²) in [6, 6.07) is 9.27. The number of nitrogens with one attached hydrogen (secondary N) is 1. The van der Waals surface area contributed by atoms with Crippen molar-refractivity contribution in [3.05, 3.63) is 54.1 Å². The van der Waals surface area contributed by atoms with Crippen LogP contribution in [-0.4, -0.2) is 54.3 Å². The van der Waals surface area contributed by atoms with Gasteiger partial charge in [0.25, 0.3) is 0 Å². The Morgan fingerprint density at radius 2 is 2.05 bits per heavy atom. The molecule has 0 amide bonds. The normalized spacial score (nSPS) is 21.0. The summed E-state index contributed by atoms with van der Waals surface area (Å²) in [5.74, 6) is 0.852. The van der Waals surface area contributed by atoms with Gasteiger partial charge >= 0.3 is 0 Å². The average molecular weight is 320 g/mol. The zero-order chi connectivity index (χ0) is 15.6. The topological polar surface area (TPSA) is 69.3 Å². The Kier molecular flexibility index (Phi) is 4.28. The molecule has 0 bridgehead atoms. The molecule has 0 spiro atoms. The Morgan fingerprint density at radius 1 is 1.27 bits per heavy atom. The fourth-order valence-corrected chi connectivity index (χ4v) is 4.26. The number of sulfonamides is 1. The first-order valence-electron chi connectivity index (χ1n) is 7.27. The number of likely N-dealkylation sites (N-methyl/N-ethyl adjacent to an activating group) is 1. The van der Waals surface area contributed by atoms with E-state index >= 15 is 0 Å². The first-order chi connectivity index (χ1) is 10.6. The van der Waals surface area contributed by atoms with E-state index in [-0.39, 0.29) is 11.8 Å². The van der Waals surface area contributed by atoms with E-state index in [4.69, 9.17) is 0 Å². The number of benzene rings is 1. The van der Waals surface area contributed by atoms with E-state index in [1.165, 1.54) is 0 Å². The van der Waals surface area contributed by atoms with Crippen molar-refractivity contribution >= 4 is 10.0 Å². The van der Waals surface area contributed by atoms with E-state index in [1.807, 2.05) is 37.4 Å². The van der Waals surface area contributed by atoms with Gasteiger partial charge in [0, 0.05) is 32.0 Å². The SMILES string of the molecule is CN1CCN(S(=O)(=O)Cc2ccccc2)C[C@H]1c1ncc[nH]1. The summed E-state index contributed by atoms with van der Waals surface area (Å²) in [6.07, 6.45) is 3.46. The van der Waals surface area contributed by atoms with Crippen molar-refractivity contribution < 1.29 is 8.42 Å². The van der Waals surface area contributed by atoms with Crippen molar-refractivity contribution in [1.82, 2.24) is 19.2 Å². The second-order valence-corrected chi connectivity index (χ2v) is 7.54. The first kappa shape index (κ1) is 15.2. The van der Waals surface area contributed by atoms with Crippen LogP contribution in [0.5, 0.6) is 0 Å². The van der Waals surface area contributed by atoms with Crippen LogP contribution in [-0.2, 0) is 15.8 Å². The zero-order valence-electron chi connectivity index (χ0n) is 12.5. The molecule has 1 aromatic heterocycles. The number of aromatic amines is 1. The quantitative estimate of drug-likeness (QED) is 0.920. The highest BCUT2D eigenvalue weighted by Gasteiger charge is 2.33. The fourth-order valence-electron chi connectivity index (χ4n) is 2.73. The third-order valence-electron chi connectivity index (χ3n) is 4.03. The van der Waals surface area contributed by atoms with Gasteiger partial charge in [0.05, 0.1) is 11.8 Å². The summed E-state index contributed by atoms with van der Waals surface area (Å²) in [6.45, 7) is 1.64. The third-order valence-corrected chi connectivity index (χ3v) is 5.85. The van der Waals surface area contributed by atoms with Gasteiger partial charge in [-0.05, 0) is 12.6 Å². The Morgan fingerprint density at radius 3 is 2.73 bits per heavy atom. The van der Waals surface area contributed by atoms with Gasteiger partial charge in [-0.1, -0.05) is 30.3 Å². The number of aromatic nitrogens is 2. The van der Waals surface area contributed by atoms with E-state index in [9.17, 15) is 8.42 Å².